The first kappa shape index (κ1) is 14.2. The summed E-state index contributed by atoms with van der Waals surface area (Å²) in [6.07, 6.45) is 0. The van der Waals surface area contributed by atoms with Gasteiger partial charge in [-0.3, -0.25) is 0 Å². The lowest BCUT2D eigenvalue weighted by Crippen LogP contribution is -2.05. The van der Waals surface area contributed by atoms with Gasteiger partial charge >= 0.3 is 0 Å². The van der Waals surface area contributed by atoms with Gasteiger partial charge in [-0.15, -0.1) is 11.6 Å². The molecule has 2 aromatic carbocycles. The minimum Gasteiger partial charge on any atom is -0.496 e. The normalized spacial score (nSPS) is 11.0. The SMILES string of the molecule is COc1ccccc1Cn1c(CCl)nc2cccc(Cl)c21. The maximum Gasteiger partial charge on any atom is 0.125 e. The molecule has 5 heteroatoms. The highest BCUT2D eigenvalue weighted by Gasteiger charge is 2.14. The van der Waals surface area contributed by atoms with Gasteiger partial charge in [0.15, 0.2) is 0 Å². The first-order chi connectivity index (χ1) is 10.2. The van der Waals surface area contributed by atoms with Gasteiger partial charge in [0.05, 0.1) is 35.6 Å². The van der Waals surface area contributed by atoms with E-state index in [0.717, 1.165) is 28.2 Å². The lowest BCUT2D eigenvalue weighted by atomic mass is 10.2. The number of halogens is 2. The molecule has 21 heavy (non-hydrogen) atoms. The van der Waals surface area contributed by atoms with E-state index in [1.54, 1.807) is 7.11 Å². The number of methoxy groups -OCH3 is 1. The summed E-state index contributed by atoms with van der Waals surface area (Å²) < 4.78 is 7.45. The summed E-state index contributed by atoms with van der Waals surface area (Å²) in [5.41, 5.74) is 2.82. The van der Waals surface area contributed by atoms with Crippen LogP contribution in [0.15, 0.2) is 42.5 Å². The molecular formula is C16H14Cl2N2O. The van der Waals surface area contributed by atoms with Crippen LogP contribution in [0, 0.1) is 0 Å². The van der Waals surface area contributed by atoms with Crippen LogP contribution in [0.4, 0.5) is 0 Å². The Labute approximate surface area is 133 Å². The number of para-hydroxylation sites is 2. The fraction of sp³-hybridized carbons (Fsp3) is 0.188. The number of hydrogen-bond acceptors (Lipinski definition) is 2. The summed E-state index contributed by atoms with van der Waals surface area (Å²) in [6, 6.07) is 13.6. The highest BCUT2D eigenvalue weighted by molar-refractivity contribution is 6.35. The van der Waals surface area contributed by atoms with Crippen LogP contribution in [0.1, 0.15) is 11.4 Å². The third-order valence-corrected chi connectivity index (χ3v) is 3.98. The zero-order valence-electron chi connectivity index (χ0n) is 11.5. The average molecular weight is 321 g/mol. The van der Waals surface area contributed by atoms with Crippen LogP contribution in [-0.2, 0) is 12.4 Å². The van der Waals surface area contributed by atoms with Gasteiger partial charge in [-0.2, -0.15) is 0 Å². The molecule has 1 heterocycles. The van der Waals surface area contributed by atoms with Crippen molar-refractivity contribution in [3.05, 3.63) is 58.9 Å². The van der Waals surface area contributed by atoms with Crippen molar-refractivity contribution in [1.82, 2.24) is 9.55 Å². The highest BCUT2D eigenvalue weighted by Crippen LogP contribution is 2.28. The Morgan fingerprint density at radius 1 is 1.14 bits per heavy atom. The number of rotatable bonds is 4. The Hall–Kier alpha value is -1.71. The van der Waals surface area contributed by atoms with Crippen molar-refractivity contribution in [1.29, 1.82) is 0 Å². The molecule has 0 unspecified atom stereocenters. The summed E-state index contributed by atoms with van der Waals surface area (Å²) in [5, 5.41) is 0.672. The molecule has 3 rings (SSSR count). The van der Waals surface area contributed by atoms with Crippen LogP contribution in [0.2, 0.25) is 5.02 Å². The number of imidazole rings is 1. The largest absolute Gasteiger partial charge is 0.496 e. The third kappa shape index (κ3) is 2.59. The Morgan fingerprint density at radius 2 is 1.95 bits per heavy atom. The summed E-state index contributed by atoms with van der Waals surface area (Å²) in [4.78, 5) is 4.55. The van der Waals surface area contributed by atoms with E-state index >= 15 is 0 Å². The van der Waals surface area contributed by atoms with Crippen LogP contribution in [0.25, 0.3) is 11.0 Å². The molecule has 3 nitrogen and oxygen atoms in total. The summed E-state index contributed by atoms with van der Waals surface area (Å²) in [7, 11) is 1.67. The quantitative estimate of drug-likeness (QED) is 0.662. The van der Waals surface area contributed by atoms with E-state index in [0.29, 0.717) is 17.4 Å². The van der Waals surface area contributed by atoms with E-state index in [4.69, 9.17) is 27.9 Å². The second-order valence-corrected chi connectivity index (χ2v) is 5.34. The molecule has 0 saturated heterocycles. The molecule has 0 fully saturated rings. The van der Waals surface area contributed by atoms with Crippen LogP contribution in [0.5, 0.6) is 5.75 Å². The van der Waals surface area contributed by atoms with Crippen molar-refractivity contribution in [2.45, 2.75) is 12.4 Å². The van der Waals surface area contributed by atoms with E-state index in [1.807, 2.05) is 47.0 Å². The minimum absolute atomic E-state index is 0.333. The number of hydrogen-bond donors (Lipinski definition) is 0. The fourth-order valence-corrected chi connectivity index (χ4v) is 2.94. The van der Waals surface area contributed by atoms with Crippen molar-refractivity contribution in [3.8, 4) is 5.75 Å². The molecule has 3 aromatic rings. The van der Waals surface area contributed by atoms with Crippen LogP contribution < -0.4 is 4.74 Å². The topological polar surface area (TPSA) is 27.1 Å². The lowest BCUT2D eigenvalue weighted by Gasteiger charge is -2.12. The Bertz CT molecular complexity index is 783. The highest BCUT2D eigenvalue weighted by atomic mass is 35.5. The summed E-state index contributed by atoms with van der Waals surface area (Å²) >= 11 is 12.4. The van der Waals surface area contributed by atoms with Gasteiger partial charge in [-0.25, -0.2) is 4.98 Å². The number of benzene rings is 2. The van der Waals surface area contributed by atoms with Gasteiger partial charge in [0.25, 0.3) is 0 Å². The monoisotopic (exact) mass is 320 g/mol. The van der Waals surface area contributed by atoms with Crippen molar-refractivity contribution in [2.75, 3.05) is 7.11 Å². The zero-order valence-corrected chi connectivity index (χ0v) is 13.0. The van der Waals surface area contributed by atoms with Crippen molar-refractivity contribution >= 4 is 34.2 Å². The molecule has 0 aliphatic carbocycles. The number of fused-ring (bicyclic) bond motifs is 1. The molecule has 0 aliphatic heterocycles. The molecule has 0 atom stereocenters. The van der Waals surface area contributed by atoms with Crippen molar-refractivity contribution < 1.29 is 4.74 Å². The molecule has 108 valence electrons. The molecule has 0 spiro atoms. The zero-order chi connectivity index (χ0) is 14.8. The lowest BCUT2D eigenvalue weighted by molar-refractivity contribution is 0.408. The summed E-state index contributed by atoms with van der Waals surface area (Å²) in [6.45, 7) is 0.617. The molecule has 0 N–H and O–H groups in total. The predicted molar refractivity (Wildman–Crippen MR) is 86.4 cm³/mol. The molecule has 0 radical (unpaired) electrons. The molecule has 0 amide bonds. The van der Waals surface area contributed by atoms with E-state index < -0.39 is 0 Å². The summed E-state index contributed by atoms with van der Waals surface area (Å²) in [5.74, 6) is 1.97. The molecular weight excluding hydrogens is 307 g/mol. The first-order valence-corrected chi connectivity index (χ1v) is 7.47. The van der Waals surface area contributed by atoms with Crippen molar-refractivity contribution in [3.63, 3.8) is 0 Å². The molecule has 0 saturated carbocycles. The second-order valence-electron chi connectivity index (χ2n) is 4.67. The van der Waals surface area contributed by atoms with Gasteiger partial charge in [0.1, 0.15) is 11.6 Å². The first-order valence-electron chi connectivity index (χ1n) is 6.56. The smallest absolute Gasteiger partial charge is 0.125 e. The average Bonchev–Trinajstić information content (AvgIpc) is 2.87. The van der Waals surface area contributed by atoms with Crippen LogP contribution in [-0.4, -0.2) is 16.7 Å². The van der Waals surface area contributed by atoms with Gasteiger partial charge in [-0.1, -0.05) is 35.9 Å². The standard InChI is InChI=1S/C16H14Cl2N2O/c1-21-14-8-3-2-5-11(14)10-20-15(9-17)19-13-7-4-6-12(18)16(13)20/h2-8H,9-10H2,1H3. The van der Waals surface area contributed by atoms with E-state index in [2.05, 4.69) is 4.98 Å². The molecule has 0 bridgehead atoms. The van der Waals surface area contributed by atoms with Crippen LogP contribution in [0.3, 0.4) is 0 Å². The van der Waals surface area contributed by atoms with Gasteiger partial charge in [0.2, 0.25) is 0 Å². The Balaban J connectivity index is 2.15. The number of aromatic nitrogens is 2. The maximum absolute atomic E-state index is 6.34. The van der Waals surface area contributed by atoms with E-state index in [1.165, 1.54) is 0 Å². The maximum atomic E-state index is 6.34. The second kappa shape index (κ2) is 5.96. The number of alkyl halides is 1. The van der Waals surface area contributed by atoms with Crippen LogP contribution >= 0.6 is 23.2 Å². The third-order valence-electron chi connectivity index (χ3n) is 3.44. The van der Waals surface area contributed by atoms with Gasteiger partial charge in [-0.05, 0) is 18.2 Å². The van der Waals surface area contributed by atoms with E-state index in [9.17, 15) is 0 Å². The molecule has 1 aromatic heterocycles. The number of ether oxygens (including phenoxy) is 1. The molecule has 0 aliphatic rings. The Kier molecular flexibility index (Phi) is 4.04. The Morgan fingerprint density at radius 3 is 2.71 bits per heavy atom. The predicted octanol–water partition coefficient (Wildman–Crippen LogP) is 4.49. The van der Waals surface area contributed by atoms with E-state index in [-0.39, 0.29) is 0 Å². The van der Waals surface area contributed by atoms with Crippen molar-refractivity contribution in [2.24, 2.45) is 0 Å². The van der Waals surface area contributed by atoms with Gasteiger partial charge in [0, 0.05) is 5.56 Å². The minimum atomic E-state index is 0.333. The fourth-order valence-electron chi connectivity index (χ4n) is 2.47. The van der Waals surface area contributed by atoms with Gasteiger partial charge < -0.3 is 9.30 Å². The number of nitrogens with zero attached hydrogens (tertiary/aromatic N) is 2.